The number of nitrogens with two attached hydrogens (primary N) is 3. The first-order valence-corrected chi connectivity index (χ1v) is 9.31. The van der Waals surface area contributed by atoms with Crippen LogP contribution in [-0.2, 0) is 0 Å². The van der Waals surface area contributed by atoms with E-state index in [1.165, 1.54) is 4.68 Å². The summed E-state index contributed by atoms with van der Waals surface area (Å²) in [4.78, 5) is 11.9. The molecule has 0 amide bonds. The molecule has 0 saturated heterocycles. The van der Waals surface area contributed by atoms with Gasteiger partial charge < -0.3 is 17.2 Å². The smallest absolute Gasteiger partial charge is 0.224 e. The molecule has 0 unspecified atom stereocenters. The van der Waals surface area contributed by atoms with Gasteiger partial charge in [0.05, 0.1) is 11.4 Å². The normalized spacial score (nSPS) is 11.5. The second-order valence-electron chi connectivity index (χ2n) is 5.58. The van der Waals surface area contributed by atoms with Gasteiger partial charge in [0.2, 0.25) is 17.9 Å². The summed E-state index contributed by atoms with van der Waals surface area (Å²) < 4.78 is 1.39. The lowest BCUT2D eigenvalue weighted by atomic mass is 10.3. The molecule has 0 aliphatic rings. The zero-order chi connectivity index (χ0) is 22.6. The van der Waals surface area contributed by atoms with Crippen molar-refractivity contribution in [2.45, 2.75) is 0 Å². The summed E-state index contributed by atoms with van der Waals surface area (Å²) in [7, 11) is 0. The highest BCUT2D eigenvalue weighted by Crippen LogP contribution is 2.16. The molecule has 0 radical (unpaired) electrons. The lowest BCUT2D eigenvalue weighted by Crippen LogP contribution is -2.26. The van der Waals surface area contributed by atoms with E-state index in [4.69, 9.17) is 45.7 Å². The minimum absolute atomic E-state index is 0. The first kappa shape index (κ1) is 26.3. The second-order valence-corrected chi connectivity index (χ2v) is 6.45. The summed E-state index contributed by atoms with van der Waals surface area (Å²) in [6.45, 7) is 0. The monoisotopic (exact) mass is 492 g/mol. The van der Waals surface area contributed by atoms with Crippen LogP contribution in [0.3, 0.4) is 0 Å². The van der Waals surface area contributed by atoms with Gasteiger partial charge in [-0.2, -0.15) is 15.4 Å². The molecule has 0 bridgehead atoms. The van der Waals surface area contributed by atoms with Gasteiger partial charge in [0.1, 0.15) is 0 Å². The van der Waals surface area contributed by atoms with Gasteiger partial charge in [-0.1, -0.05) is 23.2 Å². The average Bonchev–Trinajstić information content (AvgIpc) is 3.27. The summed E-state index contributed by atoms with van der Waals surface area (Å²) in [5.41, 5.74) is 18.0. The maximum atomic E-state index is 8.22. The molecule has 0 spiro atoms. The number of nitrogens with one attached hydrogen (secondary N) is 1. The zero-order valence-electron chi connectivity index (χ0n) is 16.4. The third-order valence-electron chi connectivity index (χ3n) is 3.30. The molecule has 166 valence electrons. The van der Waals surface area contributed by atoms with Crippen molar-refractivity contribution in [3.05, 3.63) is 77.0 Å². The first-order valence-electron chi connectivity index (χ1n) is 8.56. The van der Waals surface area contributed by atoms with Crippen LogP contribution >= 0.6 is 35.6 Å². The number of rotatable bonds is 2. The Bertz CT molecular complexity index is 1100. The molecule has 13 heteroatoms. The maximum Gasteiger partial charge on any atom is 0.224 e. The molecule has 2 aromatic carbocycles. The van der Waals surface area contributed by atoms with Crippen molar-refractivity contribution in [1.29, 1.82) is 5.26 Å². The van der Waals surface area contributed by atoms with Gasteiger partial charge in [-0.3, -0.25) is 5.32 Å². The molecule has 1 aromatic heterocycles. The molecule has 1 heterocycles. The number of guanidine groups is 2. The van der Waals surface area contributed by atoms with Crippen molar-refractivity contribution in [2.24, 2.45) is 32.2 Å². The third-order valence-corrected chi connectivity index (χ3v) is 3.80. The van der Waals surface area contributed by atoms with Crippen LogP contribution in [0.2, 0.25) is 10.0 Å². The van der Waals surface area contributed by atoms with E-state index in [9.17, 15) is 0 Å². The first-order chi connectivity index (χ1) is 14.9. The summed E-state index contributed by atoms with van der Waals surface area (Å²) >= 11 is 11.4. The van der Waals surface area contributed by atoms with Crippen molar-refractivity contribution in [3.63, 3.8) is 0 Å². The zero-order valence-corrected chi connectivity index (χ0v) is 18.8. The number of benzene rings is 2. The number of nitriles is 1. The van der Waals surface area contributed by atoms with Crippen LogP contribution in [-0.4, -0.2) is 27.7 Å². The van der Waals surface area contributed by atoms with E-state index < -0.39 is 0 Å². The molecule has 0 aliphatic carbocycles. The standard InChI is InChI=1S/C11H11ClN6.C8H7ClN4.ClH/c12-8-2-4-9(5-3-8)16-10(13)17-11(14)18-7-1-6-15-18;9-6-1-3-7(4-2-6)13-8(11)12-5-10;/h1-7H,(H4,13,14,16,17);1-4H,(H3,11,12,13);1H. The van der Waals surface area contributed by atoms with Gasteiger partial charge in [0, 0.05) is 22.4 Å². The van der Waals surface area contributed by atoms with Crippen molar-refractivity contribution in [1.82, 2.24) is 15.1 Å². The van der Waals surface area contributed by atoms with Gasteiger partial charge in [-0.15, -0.1) is 12.4 Å². The molecular formula is C19H19Cl3N10. The van der Waals surface area contributed by atoms with Crippen LogP contribution in [0.5, 0.6) is 0 Å². The Labute approximate surface area is 200 Å². The number of halogens is 3. The van der Waals surface area contributed by atoms with Gasteiger partial charge in [0.15, 0.2) is 6.19 Å². The summed E-state index contributed by atoms with van der Waals surface area (Å²) in [5, 5.41) is 15.6. The molecule has 7 N–H and O–H groups in total. The highest BCUT2D eigenvalue weighted by atomic mass is 35.5. The van der Waals surface area contributed by atoms with Crippen molar-refractivity contribution in [2.75, 3.05) is 0 Å². The van der Waals surface area contributed by atoms with E-state index in [2.05, 4.69) is 25.4 Å². The summed E-state index contributed by atoms with van der Waals surface area (Å²) in [5.74, 6) is 0.255. The van der Waals surface area contributed by atoms with Crippen molar-refractivity contribution in [3.8, 4) is 6.19 Å². The van der Waals surface area contributed by atoms with Crippen LogP contribution in [0.15, 0.2) is 82.0 Å². The summed E-state index contributed by atoms with van der Waals surface area (Å²) in [6.07, 6.45) is 4.92. The minimum atomic E-state index is 0. The number of hydrogen-bond acceptors (Lipinski definition) is 4. The van der Waals surface area contributed by atoms with Crippen LogP contribution < -0.4 is 22.5 Å². The number of nitrogens with zero attached hydrogens (tertiary/aromatic N) is 6. The fraction of sp³-hybridized carbons (Fsp3) is 0. The Kier molecular flexibility index (Phi) is 11.1. The fourth-order valence-corrected chi connectivity index (χ4v) is 2.24. The largest absolute Gasteiger partial charge is 0.369 e. The molecule has 10 nitrogen and oxygen atoms in total. The lowest BCUT2D eigenvalue weighted by Gasteiger charge is -1.99. The Morgan fingerprint density at radius 2 is 1.47 bits per heavy atom. The maximum absolute atomic E-state index is 8.22. The summed E-state index contributed by atoms with van der Waals surface area (Å²) in [6, 6.07) is 15.4. The quantitative estimate of drug-likeness (QED) is 0.185. The van der Waals surface area contributed by atoms with E-state index in [0.29, 0.717) is 21.4 Å². The van der Waals surface area contributed by atoms with Crippen LogP contribution in [0.4, 0.5) is 11.4 Å². The lowest BCUT2D eigenvalue weighted by molar-refractivity contribution is 0.921. The number of aliphatic imine (C=N–C) groups is 3. The van der Waals surface area contributed by atoms with Gasteiger partial charge in [-0.05, 0) is 54.6 Å². The molecule has 3 aromatic rings. The Morgan fingerprint density at radius 3 is 1.94 bits per heavy atom. The predicted octanol–water partition coefficient (Wildman–Crippen LogP) is 3.12. The van der Waals surface area contributed by atoms with E-state index in [1.54, 1.807) is 73.2 Å². The minimum Gasteiger partial charge on any atom is -0.369 e. The molecule has 0 fully saturated rings. The van der Waals surface area contributed by atoms with E-state index in [1.807, 2.05) is 0 Å². The highest BCUT2D eigenvalue weighted by Gasteiger charge is 1.98. The molecule has 3 rings (SSSR count). The third kappa shape index (κ3) is 9.36. The van der Waals surface area contributed by atoms with Gasteiger partial charge >= 0.3 is 0 Å². The van der Waals surface area contributed by atoms with Crippen molar-refractivity contribution < 1.29 is 0 Å². The Morgan fingerprint density at radius 1 is 0.938 bits per heavy atom. The molecule has 0 saturated carbocycles. The topological polar surface area (TPSA) is 169 Å². The van der Waals surface area contributed by atoms with Gasteiger partial charge in [0.25, 0.3) is 0 Å². The second kappa shape index (κ2) is 13.5. The van der Waals surface area contributed by atoms with Gasteiger partial charge in [-0.25, -0.2) is 14.7 Å². The van der Waals surface area contributed by atoms with E-state index >= 15 is 0 Å². The number of aromatic nitrogens is 2. The SMILES string of the molecule is Cl.N#CNC(N)=Nc1ccc(Cl)cc1.NC(=Nc1ccc(Cl)cc1)N=C(N)n1cccn1. The van der Waals surface area contributed by atoms with E-state index in [0.717, 1.165) is 0 Å². The molecular weight excluding hydrogens is 475 g/mol. The van der Waals surface area contributed by atoms with E-state index in [-0.39, 0.29) is 30.3 Å². The van der Waals surface area contributed by atoms with Crippen LogP contribution in [0.25, 0.3) is 0 Å². The molecule has 32 heavy (non-hydrogen) atoms. The molecule has 0 atom stereocenters. The predicted molar refractivity (Wildman–Crippen MR) is 131 cm³/mol. The highest BCUT2D eigenvalue weighted by molar-refractivity contribution is 6.30. The molecule has 0 aliphatic heterocycles. The average molecular weight is 494 g/mol. The Balaban J connectivity index is 0.000000327. The Hall–Kier alpha value is -3.78. The van der Waals surface area contributed by atoms with Crippen LogP contribution in [0, 0.1) is 11.5 Å². The van der Waals surface area contributed by atoms with Crippen LogP contribution in [0.1, 0.15) is 0 Å². The van der Waals surface area contributed by atoms with Crippen molar-refractivity contribution >= 4 is 64.9 Å². The fourth-order valence-electron chi connectivity index (χ4n) is 1.99. The number of hydrogen-bond donors (Lipinski definition) is 4.